The molecule has 1 fully saturated rings. The van der Waals surface area contributed by atoms with Crippen LogP contribution < -0.4 is 5.73 Å². The monoisotopic (exact) mass is 517 g/mol. The lowest BCUT2D eigenvalue weighted by atomic mass is 9.97. The van der Waals surface area contributed by atoms with Crippen LogP contribution in [0.25, 0.3) is 10.8 Å². The molecule has 1 aliphatic rings. The van der Waals surface area contributed by atoms with Crippen molar-refractivity contribution in [1.29, 1.82) is 0 Å². The minimum absolute atomic E-state index is 0.162. The van der Waals surface area contributed by atoms with E-state index in [1.807, 2.05) is 42.5 Å². The molecule has 7 nitrogen and oxygen atoms in total. The van der Waals surface area contributed by atoms with Gasteiger partial charge in [-0.25, -0.2) is 9.18 Å². The molecule has 0 bridgehead atoms. The number of amides is 2. The van der Waals surface area contributed by atoms with E-state index in [1.54, 1.807) is 18.2 Å². The van der Waals surface area contributed by atoms with Crippen LogP contribution in [-0.4, -0.2) is 65.9 Å². The van der Waals surface area contributed by atoms with Crippen molar-refractivity contribution >= 4 is 28.6 Å². The SMILES string of the molecule is C=CC[C@H]1C(=O)N([C@@H](Cc2ccc3ccccc3c2)C(=O)OC)CCN1C(=O)[C@H](N)Cc1ccc(F)cc1. The van der Waals surface area contributed by atoms with Gasteiger partial charge in [-0.15, -0.1) is 6.58 Å². The zero-order chi connectivity index (χ0) is 27.2. The minimum Gasteiger partial charge on any atom is -0.467 e. The summed E-state index contributed by atoms with van der Waals surface area (Å²) in [6, 6.07) is 17.1. The Hall–Kier alpha value is -4.04. The number of carbonyl (C=O) groups excluding carboxylic acids is 3. The van der Waals surface area contributed by atoms with Gasteiger partial charge in [-0.3, -0.25) is 9.59 Å². The number of carbonyl (C=O) groups is 3. The van der Waals surface area contributed by atoms with Crippen molar-refractivity contribution in [3.05, 3.63) is 96.3 Å². The minimum atomic E-state index is -0.902. The first-order chi connectivity index (χ1) is 18.3. The van der Waals surface area contributed by atoms with Crippen LogP contribution in [0, 0.1) is 5.82 Å². The van der Waals surface area contributed by atoms with Crippen molar-refractivity contribution in [3.63, 3.8) is 0 Å². The number of hydrogen-bond donors (Lipinski definition) is 1. The predicted molar refractivity (Wildman–Crippen MR) is 144 cm³/mol. The number of ether oxygens (including phenoxy) is 1. The second-order valence-electron chi connectivity index (χ2n) is 9.47. The van der Waals surface area contributed by atoms with Crippen molar-refractivity contribution in [2.45, 2.75) is 37.4 Å². The Kier molecular flexibility index (Phi) is 8.53. The molecular weight excluding hydrogens is 485 g/mol. The molecule has 2 amide bonds. The fourth-order valence-electron chi connectivity index (χ4n) is 4.99. The van der Waals surface area contributed by atoms with Crippen LogP contribution in [0.1, 0.15) is 17.5 Å². The molecule has 3 aromatic rings. The maximum atomic E-state index is 13.7. The van der Waals surface area contributed by atoms with Crippen LogP contribution in [0.4, 0.5) is 4.39 Å². The molecule has 0 radical (unpaired) electrons. The van der Waals surface area contributed by atoms with E-state index in [9.17, 15) is 18.8 Å². The van der Waals surface area contributed by atoms with E-state index in [-0.39, 0.29) is 50.0 Å². The summed E-state index contributed by atoms with van der Waals surface area (Å²) >= 11 is 0. The Bertz CT molecular complexity index is 1330. The van der Waals surface area contributed by atoms with Crippen LogP contribution in [0.2, 0.25) is 0 Å². The summed E-state index contributed by atoms with van der Waals surface area (Å²) in [7, 11) is 1.30. The van der Waals surface area contributed by atoms with Gasteiger partial charge in [-0.05, 0) is 46.9 Å². The largest absolute Gasteiger partial charge is 0.467 e. The Morgan fingerprint density at radius 1 is 1.05 bits per heavy atom. The molecule has 1 aliphatic heterocycles. The molecule has 0 saturated carbocycles. The molecule has 1 saturated heterocycles. The quantitative estimate of drug-likeness (QED) is 0.348. The van der Waals surface area contributed by atoms with Gasteiger partial charge in [-0.2, -0.15) is 0 Å². The average molecular weight is 518 g/mol. The highest BCUT2D eigenvalue weighted by molar-refractivity contribution is 5.93. The van der Waals surface area contributed by atoms with E-state index >= 15 is 0 Å². The molecule has 0 aliphatic carbocycles. The van der Waals surface area contributed by atoms with E-state index in [1.165, 1.54) is 29.0 Å². The van der Waals surface area contributed by atoms with E-state index in [0.29, 0.717) is 0 Å². The number of benzene rings is 3. The molecule has 3 atom stereocenters. The molecule has 3 aromatic carbocycles. The van der Waals surface area contributed by atoms with Gasteiger partial charge in [0, 0.05) is 19.5 Å². The summed E-state index contributed by atoms with van der Waals surface area (Å²) in [4.78, 5) is 42.9. The molecule has 198 valence electrons. The Morgan fingerprint density at radius 2 is 1.74 bits per heavy atom. The molecule has 0 unspecified atom stereocenters. The van der Waals surface area contributed by atoms with Gasteiger partial charge in [0.2, 0.25) is 11.8 Å². The third-order valence-electron chi connectivity index (χ3n) is 6.98. The summed E-state index contributed by atoms with van der Waals surface area (Å²) in [5.74, 6) is -1.62. The number of rotatable bonds is 9. The zero-order valence-electron chi connectivity index (χ0n) is 21.4. The second-order valence-corrected chi connectivity index (χ2v) is 9.47. The van der Waals surface area contributed by atoms with E-state index < -0.39 is 24.1 Å². The predicted octanol–water partition coefficient (Wildman–Crippen LogP) is 3.25. The standard InChI is InChI=1S/C30H32FN3O4/c1-3-6-26-29(36)34(16-15-33(26)28(35)25(32)18-20-10-13-24(31)14-11-20)27(30(37)38-2)19-21-9-12-22-7-4-5-8-23(22)17-21/h3-5,7-14,17,25-27H,1,6,15-16,18-19,32H2,2H3/t25-,26+,27+/m1/s1. The number of halogens is 1. The third kappa shape index (κ3) is 5.92. The first-order valence-corrected chi connectivity index (χ1v) is 12.6. The molecule has 4 rings (SSSR count). The number of nitrogens with zero attached hydrogens (tertiary/aromatic N) is 2. The Labute approximate surface area is 221 Å². The number of nitrogens with two attached hydrogens (primary N) is 1. The number of methoxy groups -OCH3 is 1. The Morgan fingerprint density at radius 3 is 2.42 bits per heavy atom. The number of esters is 1. The van der Waals surface area contributed by atoms with Gasteiger partial charge in [0.1, 0.15) is 17.9 Å². The van der Waals surface area contributed by atoms with E-state index in [0.717, 1.165) is 21.9 Å². The lowest BCUT2D eigenvalue weighted by molar-refractivity contribution is -0.161. The van der Waals surface area contributed by atoms with E-state index in [4.69, 9.17) is 10.5 Å². The van der Waals surface area contributed by atoms with Crippen LogP contribution in [0.15, 0.2) is 79.4 Å². The molecule has 0 spiro atoms. The molecule has 38 heavy (non-hydrogen) atoms. The normalized spacial score (nSPS) is 17.2. The first-order valence-electron chi connectivity index (χ1n) is 12.6. The van der Waals surface area contributed by atoms with Crippen LogP contribution in [-0.2, 0) is 32.0 Å². The van der Waals surface area contributed by atoms with Crippen molar-refractivity contribution in [3.8, 4) is 0 Å². The second kappa shape index (κ2) is 12.0. The third-order valence-corrected chi connectivity index (χ3v) is 6.98. The summed E-state index contributed by atoms with van der Waals surface area (Å²) < 4.78 is 18.3. The maximum Gasteiger partial charge on any atom is 0.328 e. The van der Waals surface area contributed by atoms with Gasteiger partial charge in [-0.1, -0.05) is 60.7 Å². The molecular formula is C30H32FN3O4. The summed E-state index contributed by atoms with van der Waals surface area (Å²) in [5.41, 5.74) is 7.84. The summed E-state index contributed by atoms with van der Waals surface area (Å²) in [6.07, 6.45) is 2.28. The zero-order valence-corrected chi connectivity index (χ0v) is 21.4. The van der Waals surface area contributed by atoms with Crippen molar-refractivity contribution in [1.82, 2.24) is 9.80 Å². The average Bonchev–Trinajstić information content (AvgIpc) is 2.93. The smallest absolute Gasteiger partial charge is 0.328 e. The van der Waals surface area contributed by atoms with Crippen LogP contribution >= 0.6 is 0 Å². The highest BCUT2D eigenvalue weighted by Gasteiger charge is 2.42. The molecule has 0 aromatic heterocycles. The highest BCUT2D eigenvalue weighted by Crippen LogP contribution is 2.23. The van der Waals surface area contributed by atoms with Gasteiger partial charge in [0.15, 0.2) is 0 Å². The lowest BCUT2D eigenvalue weighted by Gasteiger charge is -2.43. The van der Waals surface area contributed by atoms with Gasteiger partial charge in [0.05, 0.1) is 13.2 Å². The lowest BCUT2D eigenvalue weighted by Crippen LogP contribution is -2.64. The van der Waals surface area contributed by atoms with Gasteiger partial charge in [0.25, 0.3) is 0 Å². The number of piperazine rings is 1. The number of hydrogen-bond acceptors (Lipinski definition) is 5. The van der Waals surface area contributed by atoms with Gasteiger partial charge >= 0.3 is 5.97 Å². The topological polar surface area (TPSA) is 92.9 Å². The first kappa shape index (κ1) is 27.0. The highest BCUT2D eigenvalue weighted by atomic mass is 19.1. The fourth-order valence-corrected chi connectivity index (χ4v) is 4.99. The van der Waals surface area contributed by atoms with Crippen molar-refractivity contribution < 1.29 is 23.5 Å². The maximum absolute atomic E-state index is 13.7. The summed E-state index contributed by atoms with van der Waals surface area (Å²) in [5, 5.41) is 2.12. The molecule has 1 heterocycles. The number of fused-ring (bicyclic) bond motifs is 1. The molecule has 2 N–H and O–H groups in total. The van der Waals surface area contributed by atoms with E-state index in [2.05, 4.69) is 6.58 Å². The summed E-state index contributed by atoms with van der Waals surface area (Å²) in [6.45, 7) is 4.13. The fraction of sp³-hybridized carbons (Fsp3) is 0.300. The van der Waals surface area contributed by atoms with Crippen molar-refractivity contribution in [2.75, 3.05) is 20.2 Å². The van der Waals surface area contributed by atoms with Crippen molar-refractivity contribution in [2.24, 2.45) is 5.73 Å². The van der Waals surface area contributed by atoms with Gasteiger partial charge < -0.3 is 20.3 Å². The molecule has 8 heteroatoms. The van der Waals surface area contributed by atoms with Crippen LogP contribution in [0.5, 0.6) is 0 Å². The Balaban J connectivity index is 1.53. The van der Waals surface area contributed by atoms with Crippen LogP contribution in [0.3, 0.4) is 0 Å².